The van der Waals surface area contributed by atoms with Crippen molar-refractivity contribution in [1.29, 1.82) is 0 Å². The van der Waals surface area contributed by atoms with Gasteiger partial charge in [0.25, 0.3) is 0 Å². The molecule has 2 aromatic heterocycles. The quantitative estimate of drug-likeness (QED) is 0.519. The Balaban J connectivity index is 1.55. The fraction of sp³-hybridized carbons (Fsp3) is 0.522. The molecule has 1 amide bonds. The summed E-state index contributed by atoms with van der Waals surface area (Å²) in [6, 6.07) is 7.83. The number of imidazole rings is 1. The van der Waals surface area contributed by atoms with Gasteiger partial charge < -0.3 is 25.0 Å². The molecule has 0 aliphatic carbocycles. The summed E-state index contributed by atoms with van der Waals surface area (Å²) in [6.45, 7) is 7.85. The van der Waals surface area contributed by atoms with E-state index in [2.05, 4.69) is 31.4 Å². The summed E-state index contributed by atoms with van der Waals surface area (Å²) in [7, 11) is 3.52. The van der Waals surface area contributed by atoms with Crippen LogP contribution in [-0.2, 0) is 9.53 Å². The maximum atomic E-state index is 12.4. The van der Waals surface area contributed by atoms with E-state index in [1.165, 1.54) is 11.3 Å². The Hall–Kier alpha value is -2.85. The zero-order valence-corrected chi connectivity index (χ0v) is 20.7. The van der Waals surface area contributed by atoms with E-state index in [4.69, 9.17) is 19.6 Å². The van der Waals surface area contributed by atoms with Crippen LogP contribution in [-0.4, -0.2) is 66.0 Å². The van der Waals surface area contributed by atoms with Gasteiger partial charge in [0, 0.05) is 31.3 Å². The number of hydrogen-bond acceptors (Lipinski definition) is 8. The topological polar surface area (TPSA) is 93.0 Å². The van der Waals surface area contributed by atoms with Crippen LogP contribution >= 0.6 is 11.3 Å². The number of amides is 1. The predicted octanol–water partition coefficient (Wildman–Crippen LogP) is 3.41. The van der Waals surface area contributed by atoms with Crippen molar-refractivity contribution < 1.29 is 14.3 Å². The van der Waals surface area contributed by atoms with Crippen LogP contribution in [0.15, 0.2) is 24.3 Å². The Morgan fingerprint density at radius 1 is 1.33 bits per heavy atom. The molecule has 1 aliphatic heterocycles. The van der Waals surface area contributed by atoms with Crippen molar-refractivity contribution in [1.82, 2.24) is 19.9 Å². The van der Waals surface area contributed by atoms with Gasteiger partial charge in [-0.3, -0.25) is 4.79 Å². The number of nitrogens with zero attached hydrogens (tertiary/aromatic N) is 4. The number of ether oxygens (including phenoxy) is 2. The van der Waals surface area contributed by atoms with Gasteiger partial charge in [0.1, 0.15) is 11.4 Å². The Morgan fingerprint density at radius 2 is 2.09 bits per heavy atom. The Labute approximate surface area is 198 Å². The molecule has 33 heavy (non-hydrogen) atoms. The second-order valence-corrected chi connectivity index (χ2v) is 10.2. The number of rotatable bonds is 8. The van der Waals surface area contributed by atoms with Crippen molar-refractivity contribution in [2.24, 2.45) is 0 Å². The van der Waals surface area contributed by atoms with E-state index in [-0.39, 0.29) is 24.1 Å². The van der Waals surface area contributed by atoms with Gasteiger partial charge in [-0.15, -0.1) is 5.10 Å². The average molecular weight is 473 g/mol. The molecule has 1 saturated heterocycles. The summed E-state index contributed by atoms with van der Waals surface area (Å²) in [4.78, 5) is 19.9. The number of carbonyl (C=O) groups is 1. The molecule has 3 aromatic rings. The first-order valence-electron chi connectivity index (χ1n) is 11.1. The number of fused-ring (bicyclic) bond motifs is 1. The predicted molar refractivity (Wildman–Crippen MR) is 131 cm³/mol. The first-order valence-corrected chi connectivity index (χ1v) is 12.0. The summed E-state index contributed by atoms with van der Waals surface area (Å²) in [5.41, 5.74) is 1.62. The van der Waals surface area contributed by atoms with E-state index in [0.717, 1.165) is 52.4 Å². The Kier molecular flexibility index (Phi) is 6.76. The first-order chi connectivity index (χ1) is 15.7. The van der Waals surface area contributed by atoms with Crippen molar-refractivity contribution in [3.05, 3.63) is 24.3 Å². The van der Waals surface area contributed by atoms with Crippen molar-refractivity contribution >= 4 is 33.2 Å². The number of nitrogens with one attached hydrogen (secondary N) is 2. The number of benzene rings is 1. The van der Waals surface area contributed by atoms with Gasteiger partial charge >= 0.3 is 0 Å². The molecule has 4 rings (SSSR count). The molecule has 9 nitrogen and oxygen atoms in total. The van der Waals surface area contributed by atoms with E-state index in [1.807, 2.05) is 40.7 Å². The van der Waals surface area contributed by atoms with Crippen LogP contribution in [0.2, 0.25) is 0 Å². The molecular weight excluding hydrogens is 440 g/mol. The Bertz CT molecular complexity index is 1100. The first kappa shape index (κ1) is 23.3. The maximum Gasteiger partial charge on any atom is 0.239 e. The minimum absolute atomic E-state index is 0.0483. The second-order valence-electron chi connectivity index (χ2n) is 9.29. The molecule has 0 bridgehead atoms. The summed E-state index contributed by atoms with van der Waals surface area (Å²) < 4.78 is 12.7. The number of hydrogen-bond donors (Lipinski definition) is 2. The average Bonchev–Trinajstić information content (AvgIpc) is 3.49. The fourth-order valence-corrected chi connectivity index (χ4v) is 4.54. The molecule has 0 spiro atoms. The van der Waals surface area contributed by atoms with Crippen LogP contribution in [0.25, 0.3) is 16.2 Å². The van der Waals surface area contributed by atoms with Gasteiger partial charge in [-0.05, 0) is 57.9 Å². The lowest BCUT2D eigenvalue weighted by Crippen LogP contribution is -2.38. The molecule has 0 saturated carbocycles. The summed E-state index contributed by atoms with van der Waals surface area (Å²) in [5, 5.41) is 12.0. The number of likely N-dealkylation sites (N-methyl/N-ethyl adjacent to an activating group) is 1. The monoisotopic (exact) mass is 472 g/mol. The van der Waals surface area contributed by atoms with Crippen LogP contribution in [0.1, 0.15) is 33.6 Å². The van der Waals surface area contributed by atoms with Gasteiger partial charge in [-0.25, -0.2) is 4.98 Å². The molecule has 0 unspecified atom stereocenters. The molecule has 1 fully saturated rings. The van der Waals surface area contributed by atoms with E-state index in [0.29, 0.717) is 6.54 Å². The number of methoxy groups -OCH3 is 1. The number of carbonyl (C=O) groups excluding carboxylic acids is 1. The molecule has 10 heteroatoms. The zero-order valence-electron chi connectivity index (χ0n) is 19.8. The Morgan fingerprint density at radius 3 is 2.73 bits per heavy atom. The lowest BCUT2D eigenvalue weighted by atomic mass is 10.1. The van der Waals surface area contributed by atoms with Crippen molar-refractivity contribution in [3.8, 4) is 17.0 Å². The van der Waals surface area contributed by atoms with Gasteiger partial charge in [0.15, 0.2) is 5.82 Å². The van der Waals surface area contributed by atoms with E-state index in [1.54, 1.807) is 7.11 Å². The van der Waals surface area contributed by atoms with Crippen LogP contribution in [0, 0.1) is 0 Å². The lowest BCUT2D eigenvalue weighted by molar-refractivity contribution is -0.120. The van der Waals surface area contributed by atoms with Crippen molar-refractivity contribution in [2.45, 2.75) is 45.3 Å². The molecular formula is C23H32N6O3S. The summed E-state index contributed by atoms with van der Waals surface area (Å²) >= 11 is 1.45. The largest absolute Gasteiger partial charge is 0.497 e. The highest BCUT2D eigenvalue weighted by Gasteiger charge is 2.24. The molecule has 0 radical (unpaired) electrons. The van der Waals surface area contributed by atoms with Crippen LogP contribution in [0.3, 0.4) is 0 Å². The van der Waals surface area contributed by atoms with Crippen LogP contribution in [0.4, 0.5) is 10.9 Å². The number of anilines is 2. The smallest absolute Gasteiger partial charge is 0.239 e. The van der Waals surface area contributed by atoms with Gasteiger partial charge in [0.2, 0.25) is 16.0 Å². The SMILES string of the molecule is COc1ccc(-c2nc3sc(N(C)CC(=O)NC[C@@H]4CCCO4)nn3c2NC(C)(C)C)cc1. The molecule has 1 atom stereocenters. The number of aromatic nitrogens is 3. The second kappa shape index (κ2) is 9.56. The third kappa shape index (κ3) is 5.56. The van der Waals surface area contributed by atoms with E-state index in [9.17, 15) is 4.79 Å². The molecule has 3 heterocycles. The van der Waals surface area contributed by atoms with Crippen LogP contribution in [0.5, 0.6) is 5.75 Å². The molecule has 1 aromatic carbocycles. The molecule has 178 valence electrons. The van der Waals surface area contributed by atoms with Gasteiger partial charge in [-0.2, -0.15) is 4.52 Å². The van der Waals surface area contributed by atoms with E-state index < -0.39 is 0 Å². The highest BCUT2D eigenvalue weighted by molar-refractivity contribution is 7.20. The van der Waals surface area contributed by atoms with Gasteiger partial charge in [-0.1, -0.05) is 11.3 Å². The summed E-state index contributed by atoms with van der Waals surface area (Å²) in [5.74, 6) is 1.57. The fourth-order valence-electron chi connectivity index (χ4n) is 3.68. The van der Waals surface area contributed by atoms with Gasteiger partial charge in [0.05, 0.1) is 19.8 Å². The third-order valence-corrected chi connectivity index (χ3v) is 6.33. The van der Waals surface area contributed by atoms with Crippen molar-refractivity contribution in [3.63, 3.8) is 0 Å². The maximum absolute atomic E-state index is 12.4. The van der Waals surface area contributed by atoms with Crippen LogP contribution < -0.4 is 20.3 Å². The third-order valence-electron chi connectivity index (χ3n) is 5.31. The molecule has 2 N–H and O–H groups in total. The minimum atomic E-state index is -0.185. The highest BCUT2D eigenvalue weighted by atomic mass is 32.1. The zero-order chi connectivity index (χ0) is 23.6. The summed E-state index contributed by atoms with van der Waals surface area (Å²) in [6.07, 6.45) is 2.19. The van der Waals surface area contributed by atoms with Crippen molar-refractivity contribution in [2.75, 3.05) is 44.1 Å². The highest BCUT2D eigenvalue weighted by Crippen LogP contribution is 2.35. The molecule has 1 aliphatic rings. The standard InChI is InChI=1S/C23H32N6O3S/c1-23(2,3)26-20-19(15-8-10-16(31-5)11-9-15)25-21-29(20)27-22(33-21)28(4)14-18(30)24-13-17-7-6-12-32-17/h8-11,17,26H,6-7,12-14H2,1-5H3,(H,24,30)/t17-/m0/s1. The minimum Gasteiger partial charge on any atom is -0.497 e. The lowest BCUT2D eigenvalue weighted by Gasteiger charge is -2.22. The van der Waals surface area contributed by atoms with E-state index >= 15 is 0 Å². The normalized spacial score (nSPS) is 16.2.